The van der Waals surface area contributed by atoms with E-state index in [-0.39, 0.29) is 0 Å². The monoisotopic (exact) mass is 204 g/mol. The quantitative estimate of drug-likeness (QED) is 0.513. The van der Waals surface area contributed by atoms with Crippen LogP contribution in [-0.4, -0.2) is 0 Å². The summed E-state index contributed by atoms with van der Waals surface area (Å²) in [6.07, 6.45) is 7.08. The molecule has 0 N–H and O–H groups in total. The summed E-state index contributed by atoms with van der Waals surface area (Å²) in [5.74, 6) is 2.85. The van der Waals surface area contributed by atoms with Crippen molar-refractivity contribution >= 4 is 0 Å². The van der Waals surface area contributed by atoms with Gasteiger partial charge in [-0.1, -0.05) is 32.9 Å². The van der Waals surface area contributed by atoms with Gasteiger partial charge in [-0.15, -0.1) is 0 Å². The molecule has 0 aromatic heterocycles. The Morgan fingerprint density at radius 1 is 1.20 bits per heavy atom. The van der Waals surface area contributed by atoms with E-state index in [4.69, 9.17) is 0 Å². The second-order valence-corrected chi connectivity index (χ2v) is 7.29. The maximum absolute atomic E-state index is 4.33. The Morgan fingerprint density at radius 2 is 1.93 bits per heavy atom. The first kappa shape index (κ1) is 9.93. The molecule has 3 fully saturated rings. The fourth-order valence-corrected chi connectivity index (χ4v) is 5.50. The Kier molecular flexibility index (Phi) is 1.79. The van der Waals surface area contributed by atoms with Crippen molar-refractivity contribution in [2.45, 2.75) is 52.9 Å². The molecular weight excluding hydrogens is 180 g/mol. The second kappa shape index (κ2) is 2.70. The van der Waals surface area contributed by atoms with Crippen LogP contribution in [0.4, 0.5) is 0 Å². The summed E-state index contributed by atoms with van der Waals surface area (Å²) in [6, 6.07) is 0. The van der Waals surface area contributed by atoms with Crippen LogP contribution in [0.5, 0.6) is 0 Å². The van der Waals surface area contributed by atoms with Gasteiger partial charge in [0.1, 0.15) is 0 Å². The van der Waals surface area contributed by atoms with E-state index < -0.39 is 0 Å². The van der Waals surface area contributed by atoms with Crippen molar-refractivity contribution in [2.75, 3.05) is 0 Å². The Labute approximate surface area is 94.1 Å². The number of hydrogen-bond donors (Lipinski definition) is 0. The zero-order chi connectivity index (χ0) is 10.8. The molecule has 0 heterocycles. The highest BCUT2D eigenvalue weighted by atomic mass is 14.7. The lowest BCUT2D eigenvalue weighted by atomic mass is 9.65. The highest BCUT2D eigenvalue weighted by Gasteiger charge is 2.61. The Bertz CT molecular complexity index is 312. The Balaban J connectivity index is 2.03. The summed E-state index contributed by atoms with van der Waals surface area (Å²) >= 11 is 0. The van der Waals surface area contributed by atoms with Gasteiger partial charge in [-0.3, -0.25) is 0 Å². The van der Waals surface area contributed by atoms with Crippen LogP contribution >= 0.6 is 0 Å². The van der Waals surface area contributed by atoms with Gasteiger partial charge in [0.15, 0.2) is 0 Å². The lowest BCUT2D eigenvalue weighted by Crippen LogP contribution is -2.32. The van der Waals surface area contributed by atoms with E-state index in [9.17, 15) is 0 Å². The van der Waals surface area contributed by atoms with Gasteiger partial charge in [0.25, 0.3) is 0 Å². The zero-order valence-electron chi connectivity index (χ0n) is 10.5. The summed E-state index contributed by atoms with van der Waals surface area (Å²) in [6.45, 7) is 11.9. The minimum absolute atomic E-state index is 0.596. The summed E-state index contributed by atoms with van der Waals surface area (Å²) in [5, 5.41) is 0. The second-order valence-electron chi connectivity index (χ2n) is 7.29. The van der Waals surface area contributed by atoms with Crippen molar-refractivity contribution < 1.29 is 0 Å². The topological polar surface area (TPSA) is 0 Å². The van der Waals surface area contributed by atoms with Gasteiger partial charge >= 0.3 is 0 Å². The number of allylic oxidation sites excluding steroid dienone is 1. The van der Waals surface area contributed by atoms with E-state index in [2.05, 4.69) is 27.4 Å². The molecule has 3 saturated carbocycles. The number of rotatable bonds is 0. The minimum Gasteiger partial charge on any atom is -0.0996 e. The van der Waals surface area contributed by atoms with Crippen molar-refractivity contribution in [3.63, 3.8) is 0 Å². The van der Waals surface area contributed by atoms with E-state index in [0.717, 1.165) is 17.8 Å². The fourth-order valence-electron chi connectivity index (χ4n) is 5.50. The molecule has 3 aliphatic carbocycles. The van der Waals surface area contributed by atoms with Gasteiger partial charge in [-0.05, 0) is 60.7 Å². The van der Waals surface area contributed by atoms with Crippen LogP contribution in [-0.2, 0) is 0 Å². The lowest BCUT2D eigenvalue weighted by molar-refractivity contribution is 0.142. The predicted octanol–water partition coefficient (Wildman–Crippen LogP) is 4.42. The third-order valence-electron chi connectivity index (χ3n) is 5.86. The van der Waals surface area contributed by atoms with Gasteiger partial charge in [-0.25, -0.2) is 0 Å². The molecule has 15 heavy (non-hydrogen) atoms. The molecule has 0 nitrogen and oxygen atoms in total. The minimum atomic E-state index is 0.596. The molecule has 0 saturated heterocycles. The molecule has 3 rings (SSSR count). The van der Waals surface area contributed by atoms with E-state index in [0.29, 0.717) is 10.8 Å². The number of hydrogen-bond acceptors (Lipinski definition) is 0. The summed E-state index contributed by atoms with van der Waals surface area (Å²) in [7, 11) is 0. The van der Waals surface area contributed by atoms with Crippen molar-refractivity contribution in [2.24, 2.45) is 28.6 Å². The molecule has 84 valence electrons. The molecule has 4 atom stereocenters. The fraction of sp³-hybridized carbons (Fsp3) is 0.867. The molecule has 0 spiro atoms. The predicted molar refractivity (Wildman–Crippen MR) is 64.6 cm³/mol. The Morgan fingerprint density at radius 3 is 2.67 bits per heavy atom. The van der Waals surface area contributed by atoms with Gasteiger partial charge in [0, 0.05) is 0 Å². The first-order valence-corrected chi connectivity index (χ1v) is 6.62. The molecule has 0 aromatic carbocycles. The smallest absolute Gasteiger partial charge is 0.0169 e. The van der Waals surface area contributed by atoms with E-state index in [1.54, 1.807) is 5.57 Å². The van der Waals surface area contributed by atoms with Gasteiger partial charge in [-0.2, -0.15) is 0 Å². The SMILES string of the molecule is C=C1CC[C@H]2[C@@H]3[C@@H]1CC[C@]3(C)CC2(C)C. The standard InChI is InChI=1S/C15H24/c1-10-5-6-12-13-11(10)7-8-15(13,4)9-14(12,2)3/h11-13H,1,5-9H2,2-4H3/t11-,12+,13+,15-/m1/s1. The molecule has 0 radical (unpaired) electrons. The van der Waals surface area contributed by atoms with Crippen molar-refractivity contribution in [1.82, 2.24) is 0 Å². The van der Waals surface area contributed by atoms with Crippen molar-refractivity contribution in [3.05, 3.63) is 12.2 Å². The van der Waals surface area contributed by atoms with Gasteiger partial charge in [0.2, 0.25) is 0 Å². The van der Waals surface area contributed by atoms with Crippen LogP contribution in [0, 0.1) is 28.6 Å². The van der Waals surface area contributed by atoms with E-state index >= 15 is 0 Å². The van der Waals surface area contributed by atoms with Crippen LogP contribution in [0.25, 0.3) is 0 Å². The maximum atomic E-state index is 4.33. The van der Waals surface area contributed by atoms with E-state index in [1.807, 2.05) is 0 Å². The first-order valence-electron chi connectivity index (χ1n) is 6.62. The molecule has 0 amide bonds. The summed E-state index contributed by atoms with van der Waals surface area (Å²) in [4.78, 5) is 0. The highest BCUT2D eigenvalue weighted by Crippen LogP contribution is 2.69. The van der Waals surface area contributed by atoms with Gasteiger partial charge < -0.3 is 0 Å². The molecule has 0 aromatic rings. The normalized spacial score (nSPS) is 51.9. The molecule has 0 unspecified atom stereocenters. The van der Waals surface area contributed by atoms with Crippen LogP contribution in [0.1, 0.15) is 52.9 Å². The van der Waals surface area contributed by atoms with Crippen LogP contribution in [0.15, 0.2) is 12.2 Å². The van der Waals surface area contributed by atoms with Crippen LogP contribution in [0.2, 0.25) is 0 Å². The summed E-state index contributed by atoms with van der Waals surface area (Å²) < 4.78 is 0. The molecular formula is C15H24. The Hall–Kier alpha value is -0.260. The average Bonchev–Trinajstić information content (AvgIpc) is 2.53. The zero-order valence-corrected chi connectivity index (χ0v) is 10.5. The van der Waals surface area contributed by atoms with Crippen LogP contribution < -0.4 is 0 Å². The van der Waals surface area contributed by atoms with Crippen molar-refractivity contribution in [1.29, 1.82) is 0 Å². The van der Waals surface area contributed by atoms with Crippen molar-refractivity contribution in [3.8, 4) is 0 Å². The average molecular weight is 204 g/mol. The maximum Gasteiger partial charge on any atom is -0.0169 e. The highest BCUT2D eigenvalue weighted by molar-refractivity contribution is 5.20. The van der Waals surface area contributed by atoms with E-state index in [1.165, 1.54) is 32.1 Å². The molecule has 0 bridgehead atoms. The molecule has 0 heteroatoms. The van der Waals surface area contributed by atoms with Crippen LogP contribution in [0.3, 0.4) is 0 Å². The van der Waals surface area contributed by atoms with Gasteiger partial charge in [0.05, 0.1) is 0 Å². The molecule has 0 aliphatic heterocycles. The third kappa shape index (κ3) is 1.14. The third-order valence-corrected chi connectivity index (χ3v) is 5.86. The lowest BCUT2D eigenvalue weighted by Gasteiger charge is -2.39. The first-order chi connectivity index (χ1) is 6.94. The summed E-state index contributed by atoms with van der Waals surface area (Å²) in [5.41, 5.74) is 2.83. The molecule has 3 aliphatic rings. The largest absolute Gasteiger partial charge is 0.0996 e.